The molecule has 1 aliphatic heterocycles. The molecule has 2 amide bonds. The normalized spacial score (nSPS) is 18.3. The van der Waals surface area contributed by atoms with Crippen LogP contribution in [-0.4, -0.2) is 18.9 Å². The molecule has 0 aliphatic carbocycles. The molecule has 0 bridgehead atoms. The number of carbonyl (C=O) groups is 2. The molecular formula is C25H22ClFN2O3. The molecule has 7 heteroatoms. The van der Waals surface area contributed by atoms with Gasteiger partial charge in [0.15, 0.2) is 0 Å². The van der Waals surface area contributed by atoms with E-state index >= 15 is 0 Å². The third kappa shape index (κ3) is 4.60. The van der Waals surface area contributed by atoms with Gasteiger partial charge in [-0.05, 0) is 66.6 Å². The van der Waals surface area contributed by atoms with Crippen LogP contribution in [0.3, 0.4) is 0 Å². The molecule has 0 saturated carbocycles. The van der Waals surface area contributed by atoms with E-state index in [1.54, 1.807) is 72.7 Å². The largest absolute Gasteiger partial charge is 0.497 e. The van der Waals surface area contributed by atoms with Crippen LogP contribution >= 0.6 is 11.6 Å². The van der Waals surface area contributed by atoms with E-state index in [2.05, 4.69) is 5.32 Å². The van der Waals surface area contributed by atoms with Crippen molar-refractivity contribution in [3.05, 3.63) is 89.2 Å². The van der Waals surface area contributed by atoms with Crippen LogP contribution in [0.15, 0.2) is 72.8 Å². The van der Waals surface area contributed by atoms with Crippen LogP contribution in [0.5, 0.6) is 5.75 Å². The van der Waals surface area contributed by atoms with Crippen LogP contribution in [0.2, 0.25) is 5.02 Å². The zero-order valence-electron chi connectivity index (χ0n) is 17.4. The first-order valence-corrected chi connectivity index (χ1v) is 10.6. The molecule has 1 aliphatic rings. The summed E-state index contributed by atoms with van der Waals surface area (Å²) in [5.74, 6) is -0.596. The zero-order valence-corrected chi connectivity index (χ0v) is 18.2. The summed E-state index contributed by atoms with van der Waals surface area (Å²) >= 11 is 6.05. The van der Waals surface area contributed by atoms with E-state index in [1.807, 2.05) is 0 Å². The van der Waals surface area contributed by atoms with E-state index in [-0.39, 0.29) is 24.1 Å². The minimum absolute atomic E-state index is 0.101. The van der Waals surface area contributed by atoms with E-state index < -0.39 is 12.0 Å². The second-order valence-electron chi connectivity index (χ2n) is 7.60. The number of amides is 2. The number of halogens is 2. The van der Waals surface area contributed by atoms with Crippen molar-refractivity contribution in [1.29, 1.82) is 0 Å². The summed E-state index contributed by atoms with van der Waals surface area (Å²) in [4.78, 5) is 28.0. The van der Waals surface area contributed by atoms with Crippen LogP contribution in [0, 0.1) is 11.7 Å². The van der Waals surface area contributed by atoms with Crippen molar-refractivity contribution in [2.45, 2.75) is 18.9 Å². The fourth-order valence-corrected chi connectivity index (χ4v) is 4.25. The Balaban J connectivity index is 1.73. The highest BCUT2D eigenvalue weighted by Crippen LogP contribution is 2.41. The number of piperidine rings is 1. The number of carbonyl (C=O) groups excluding carboxylic acids is 2. The first-order valence-electron chi connectivity index (χ1n) is 10.2. The summed E-state index contributed by atoms with van der Waals surface area (Å²) in [5, 5.41) is 3.42. The maximum atomic E-state index is 13.6. The molecule has 2 atom stereocenters. The summed E-state index contributed by atoms with van der Waals surface area (Å²) in [6, 6.07) is 19.3. The van der Waals surface area contributed by atoms with Crippen LogP contribution in [0.25, 0.3) is 0 Å². The first-order chi connectivity index (χ1) is 15.5. The van der Waals surface area contributed by atoms with Crippen LogP contribution in [0.1, 0.15) is 24.4 Å². The number of hydrogen-bond donors (Lipinski definition) is 1. The number of nitrogens with zero attached hydrogens (tertiary/aromatic N) is 1. The van der Waals surface area contributed by atoms with Crippen LogP contribution in [-0.2, 0) is 9.59 Å². The zero-order chi connectivity index (χ0) is 22.7. The highest BCUT2D eigenvalue weighted by atomic mass is 35.5. The first kappa shape index (κ1) is 21.8. The molecule has 164 valence electrons. The minimum Gasteiger partial charge on any atom is -0.497 e. The highest BCUT2D eigenvalue weighted by molar-refractivity contribution is 6.30. The number of benzene rings is 3. The molecule has 0 unspecified atom stereocenters. The molecular weight excluding hydrogens is 431 g/mol. The Morgan fingerprint density at radius 3 is 2.47 bits per heavy atom. The van der Waals surface area contributed by atoms with Crippen molar-refractivity contribution in [3.8, 4) is 5.75 Å². The Hall–Kier alpha value is -3.38. The van der Waals surface area contributed by atoms with Crippen molar-refractivity contribution in [1.82, 2.24) is 0 Å². The Labute approximate surface area is 190 Å². The van der Waals surface area contributed by atoms with Crippen LogP contribution < -0.4 is 15.0 Å². The third-order valence-electron chi connectivity index (χ3n) is 5.59. The number of anilines is 2. The maximum Gasteiger partial charge on any atom is 0.229 e. The molecule has 0 aromatic heterocycles. The van der Waals surface area contributed by atoms with Crippen LogP contribution in [0.4, 0.5) is 15.8 Å². The fraction of sp³-hybridized carbons (Fsp3) is 0.200. The highest BCUT2D eigenvalue weighted by Gasteiger charge is 2.41. The lowest BCUT2D eigenvalue weighted by Crippen LogP contribution is -2.47. The Morgan fingerprint density at radius 1 is 1.09 bits per heavy atom. The van der Waals surface area contributed by atoms with Gasteiger partial charge in [0.25, 0.3) is 0 Å². The molecule has 4 rings (SSSR count). The predicted molar refractivity (Wildman–Crippen MR) is 122 cm³/mol. The van der Waals surface area contributed by atoms with Gasteiger partial charge < -0.3 is 15.0 Å². The SMILES string of the molecule is COc1ccc(N2C(=O)CC[C@@H](C(=O)Nc3cccc(Cl)c3)[C@@H]2c2ccc(F)cc2)cc1. The minimum atomic E-state index is -0.593. The monoisotopic (exact) mass is 452 g/mol. The summed E-state index contributed by atoms with van der Waals surface area (Å²) in [5.41, 5.74) is 1.90. The number of ether oxygens (including phenoxy) is 1. The molecule has 1 saturated heterocycles. The van der Waals surface area contributed by atoms with E-state index in [0.717, 1.165) is 0 Å². The summed E-state index contributed by atoms with van der Waals surface area (Å²) in [6.07, 6.45) is 0.595. The second kappa shape index (κ2) is 9.40. The van der Waals surface area contributed by atoms with Crippen molar-refractivity contribution in [3.63, 3.8) is 0 Å². The van der Waals surface area contributed by atoms with Gasteiger partial charge in [-0.1, -0.05) is 29.8 Å². The quantitative estimate of drug-likeness (QED) is 0.547. The molecule has 32 heavy (non-hydrogen) atoms. The standard InChI is InChI=1S/C25H22ClFN2O3/c1-32-21-11-9-20(10-12-21)29-23(30)14-13-22(24(29)16-5-7-18(27)8-6-16)25(31)28-19-4-2-3-17(26)15-19/h2-12,15,22,24H,13-14H2,1H3,(H,28,31)/t22-,24+/m1/s1. The average molecular weight is 453 g/mol. The van der Waals surface area contributed by atoms with E-state index in [0.29, 0.717) is 34.1 Å². The van der Waals surface area contributed by atoms with Crippen molar-refractivity contribution >= 4 is 34.8 Å². The second-order valence-corrected chi connectivity index (χ2v) is 8.04. The van der Waals surface area contributed by atoms with Gasteiger partial charge in [-0.15, -0.1) is 0 Å². The Morgan fingerprint density at radius 2 is 1.81 bits per heavy atom. The molecule has 1 N–H and O–H groups in total. The lowest BCUT2D eigenvalue weighted by Gasteiger charge is -2.41. The predicted octanol–water partition coefficient (Wildman–Crippen LogP) is 5.61. The maximum absolute atomic E-state index is 13.6. The lowest BCUT2D eigenvalue weighted by molar-refractivity contribution is -0.125. The fourth-order valence-electron chi connectivity index (χ4n) is 4.06. The van der Waals surface area contributed by atoms with Crippen molar-refractivity contribution < 1.29 is 18.7 Å². The van der Waals surface area contributed by atoms with Crippen molar-refractivity contribution in [2.75, 3.05) is 17.3 Å². The molecule has 3 aromatic carbocycles. The smallest absolute Gasteiger partial charge is 0.229 e. The van der Waals surface area contributed by atoms with Gasteiger partial charge >= 0.3 is 0 Å². The average Bonchev–Trinajstić information content (AvgIpc) is 2.79. The third-order valence-corrected chi connectivity index (χ3v) is 5.82. The van der Waals surface area contributed by atoms with Crippen molar-refractivity contribution in [2.24, 2.45) is 5.92 Å². The number of nitrogens with one attached hydrogen (secondary N) is 1. The molecule has 5 nitrogen and oxygen atoms in total. The number of rotatable bonds is 5. The van der Waals surface area contributed by atoms with Gasteiger partial charge in [0.05, 0.1) is 19.1 Å². The summed E-state index contributed by atoms with van der Waals surface area (Å²) < 4.78 is 18.9. The molecule has 0 radical (unpaired) electrons. The van der Waals surface area contributed by atoms with E-state index in [4.69, 9.17) is 16.3 Å². The summed E-state index contributed by atoms with van der Waals surface area (Å²) in [6.45, 7) is 0. The Kier molecular flexibility index (Phi) is 6.42. The van der Waals surface area contributed by atoms with Gasteiger partial charge in [-0.2, -0.15) is 0 Å². The number of hydrogen-bond acceptors (Lipinski definition) is 3. The van der Waals surface area contributed by atoms with Gasteiger partial charge in [0, 0.05) is 22.8 Å². The van der Waals surface area contributed by atoms with Gasteiger partial charge in [0.1, 0.15) is 11.6 Å². The van der Waals surface area contributed by atoms with Gasteiger partial charge in [0.2, 0.25) is 11.8 Å². The lowest BCUT2D eigenvalue weighted by atomic mass is 9.83. The molecule has 3 aromatic rings. The molecule has 1 fully saturated rings. The summed E-state index contributed by atoms with van der Waals surface area (Å²) in [7, 11) is 1.57. The van der Waals surface area contributed by atoms with Gasteiger partial charge in [-0.25, -0.2) is 4.39 Å². The molecule has 1 heterocycles. The molecule has 0 spiro atoms. The topological polar surface area (TPSA) is 58.6 Å². The Bertz CT molecular complexity index is 1120. The van der Waals surface area contributed by atoms with E-state index in [1.165, 1.54) is 12.1 Å². The number of methoxy groups -OCH3 is 1. The van der Waals surface area contributed by atoms with E-state index in [9.17, 15) is 14.0 Å². The van der Waals surface area contributed by atoms with Gasteiger partial charge in [-0.3, -0.25) is 9.59 Å².